The van der Waals surface area contributed by atoms with E-state index in [1.165, 1.54) is 6.92 Å². The zero-order valence-electron chi connectivity index (χ0n) is 13.7. The molecule has 3 aromatic rings. The van der Waals surface area contributed by atoms with E-state index in [4.69, 9.17) is 9.15 Å². The minimum absolute atomic E-state index is 0.345. The Hall–Kier alpha value is -3.68. The molecule has 1 atom stereocenters. The van der Waals surface area contributed by atoms with E-state index in [0.717, 1.165) is 22.9 Å². The third-order valence-electron chi connectivity index (χ3n) is 3.64. The highest BCUT2D eigenvalue weighted by atomic mass is 16.7. The summed E-state index contributed by atoms with van der Waals surface area (Å²) in [7, 11) is 0. The highest BCUT2D eigenvalue weighted by molar-refractivity contribution is 5.98. The van der Waals surface area contributed by atoms with Crippen LogP contribution in [0.25, 0.3) is 10.8 Å². The van der Waals surface area contributed by atoms with Crippen LogP contribution < -0.4 is 5.32 Å². The Bertz CT molecular complexity index is 994. The van der Waals surface area contributed by atoms with Gasteiger partial charge in [-0.2, -0.15) is 0 Å². The third-order valence-corrected chi connectivity index (χ3v) is 3.64. The molecule has 8 nitrogen and oxygen atoms in total. The van der Waals surface area contributed by atoms with Gasteiger partial charge in [-0.15, -0.1) is 0 Å². The van der Waals surface area contributed by atoms with Crippen molar-refractivity contribution < 1.29 is 23.7 Å². The fourth-order valence-corrected chi connectivity index (χ4v) is 2.32. The Morgan fingerprint density at radius 1 is 1.12 bits per heavy atom. The van der Waals surface area contributed by atoms with Crippen LogP contribution in [0.1, 0.15) is 17.5 Å². The molecule has 1 amide bonds. The first-order valence-electron chi connectivity index (χ1n) is 7.69. The second kappa shape index (κ2) is 7.06. The van der Waals surface area contributed by atoms with E-state index in [0.29, 0.717) is 5.69 Å². The number of hydrogen-bond acceptors (Lipinski definition) is 6. The molecule has 0 aliphatic heterocycles. The van der Waals surface area contributed by atoms with Crippen LogP contribution in [0.3, 0.4) is 0 Å². The highest BCUT2D eigenvalue weighted by Gasteiger charge is 2.23. The van der Waals surface area contributed by atoms with Crippen molar-refractivity contribution in [1.29, 1.82) is 0 Å². The molecule has 0 spiro atoms. The van der Waals surface area contributed by atoms with E-state index in [1.54, 1.807) is 12.1 Å². The Morgan fingerprint density at radius 3 is 2.54 bits per heavy atom. The lowest BCUT2D eigenvalue weighted by atomic mass is 10.1. The van der Waals surface area contributed by atoms with Gasteiger partial charge in [0.1, 0.15) is 4.92 Å². The number of hydrogen-bond donors (Lipinski definition) is 1. The fraction of sp³-hybridized carbons (Fsp3) is 0.111. The predicted octanol–water partition coefficient (Wildman–Crippen LogP) is 3.53. The van der Waals surface area contributed by atoms with E-state index in [-0.39, 0.29) is 5.76 Å². The van der Waals surface area contributed by atoms with E-state index in [9.17, 15) is 19.7 Å². The van der Waals surface area contributed by atoms with Crippen molar-refractivity contribution in [3.63, 3.8) is 0 Å². The second-order valence-corrected chi connectivity index (χ2v) is 5.49. The van der Waals surface area contributed by atoms with E-state index in [2.05, 4.69) is 5.32 Å². The Kier molecular flexibility index (Phi) is 4.66. The number of nitrogens with zero attached hydrogens (tertiary/aromatic N) is 1. The first kappa shape index (κ1) is 17.2. The maximum Gasteiger partial charge on any atom is 0.433 e. The SMILES string of the molecule is CC(OC(=O)c1ccc([N+](=O)[O-])o1)C(=O)Nc1ccc2ccccc2c1. The van der Waals surface area contributed by atoms with Gasteiger partial charge in [-0.25, -0.2) is 4.79 Å². The van der Waals surface area contributed by atoms with E-state index >= 15 is 0 Å². The molecule has 1 heterocycles. The molecule has 0 aliphatic rings. The smallest absolute Gasteiger partial charge is 0.433 e. The van der Waals surface area contributed by atoms with Crippen molar-refractivity contribution in [2.24, 2.45) is 0 Å². The maximum absolute atomic E-state index is 12.2. The van der Waals surface area contributed by atoms with Crippen molar-refractivity contribution in [1.82, 2.24) is 0 Å². The maximum atomic E-state index is 12.2. The average Bonchev–Trinajstić information content (AvgIpc) is 3.12. The van der Waals surface area contributed by atoms with Gasteiger partial charge in [0.15, 0.2) is 6.10 Å². The molecule has 2 aromatic carbocycles. The molecule has 132 valence electrons. The lowest BCUT2D eigenvalue weighted by molar-refractivity contribution is -0.402. The number of carbonyl (C=O) groups is 2. The van der Waals surface area contributed by atoms with Crippen molar-refractivity contribution in [3.8, 4) is 0 Å². The number of rotatable bonds is 5. The summed E-state index contributed by atoms with van der Waals surface area (Å²) in [6, 6.07) is 15.2. The number of carbonyl (C=O) groups excluding carboxylic acids is 2. The summed E-state index contributed by atoms with van der Waals surface area (Å²) in [5.41, 5.74) is 0.560. The van der Waals surface area contributed by atoms with Gasteiger partial charge in [0.05, 0.1) is 6.07 Å². The van der Waals surface area contributed by atoms with Crippen molar-refractivity contribution in [2.75, 3.05) is 5.32 Å². The molecule has 1 unspecified atom stereocenters. The van der Waals surface area contributed by atoms with Crippen LogP contribution in [0.2, 0.25) is 0 Å². The topological polar surface area (TPSA) is 112 Å². The van der Waals surface area contributed by atoms with Gasteiger partial charge in [-0.1, -0.05) is 30.3 Å². The number of ether oxygens (including phenoxy) is 1. The summed E-state index contributed by atoms with van der Waals surface area (Å²) < 4.78 is 9.73. The zero-order chi connectivity index (χ0) is 18.7. The van der Waals surface area contributed by atoms with Crippen LogP contribution >= 0.6 is 0 Å². The Labute approximate surface area is 147 Å². The summed E-state index contributed by atoms with van der Waals surface area (Å²) >= 11 is 0. The zero-order valence-corrected chi connectivity index (χ0v) is 13.7. The molecule has 0 saturated carbocycles. The van der Waals surface area contributed by atoms with Gasteiger partial charge >= 0.3 is 11.9 Å². The standard InChI is InChI=1S/C18H14N2O6/c1-11(25-18(22)15-8-9-16(26-15)20(23)24)17(21)19-14-7-6-12-4-2-3-5-13(12)10-14/h2-11H,1H3,(H,19,21). The summed E-state index contributed by atoms with van der Waals surface area (Å²) in [6.45, 7) is 1.39. The normalized spacial score (nSPS) is 11.7. The molecule has 1 N–H and O–H groups in total. The fourth-order valence-electron chi connectivity index (χ4n) is 2.32. The summed E-state index contributed by atoms with van der Waals surface area (Å²) in [5, 5.41) is 15.2. The monoisotopic (exact) mass is 354 g/mol. The number of anilines is 1. The van der Waals surface area contributed by atoms with Gasteiger partial charge in [0, 0.05) is 5.69 Å². The molecule has 3 rings (SSSR count). The van der Waals surface area contributed by atoms with Crippen LogP contribution in [0.5, 0.6) is 0 Å². The van der Waals surface area contributed by atoms with Crippen molar-refractivity contribution in [3.05, 3.63) is 70.5 Å². The number of fused-ring (bicyclic) bond motifs is 1. The number of benzene rings is 2. The second-order valence-electron chi connectivity index (χ2n) is 5.49. The first-order valence-corrected chi connectivity index (χ1v) is 7.69. The van der Waals surface area contributed by atoms with Gasteiger partial charge < -0.3 is 14.5 Å². The average molecular weight is 354 g/mol. The number of amides is 1. The lowest BCUT2D eigenvalue weighted by Gasteiger charge is -2.13. The number of nitro groups is 1. The molecule has 0 bridgehead atoms. The molecule has 0 aliphatic carbocycles. The molecule has 0 radical (unpaired) electrons. The summed E-state index contributed by atoms with van der Waals surface area (Å²) in [6.07, 6.45) is -1.11. The number of furan rings is 1. The predicted molar refractivity (Wildman–Crippen MR) is 92.8 cm³/mol. The Balaban J connectivity index is 1.64. The minimum Gasteiger partial charge on any atom is -0.447 e. The first-order chi connectivity index (χ1) is 12.4. The van der Waals surface area contributed by atoms with Crippen molar-refractivity contribution >= 4 is 34.2 Å². The quantitative estimate of drug-likeness (QED) is 0.426. The van der Waals surface area contributed by atoms with Gasteiger partial charge in [0.2, 0.25) is 5.76 Å². The van der Waals surface area contributed by atoms with Gasteiger partial charge in [-0.3, -0.25) is 14.9 Å². The molecule has 1 aromatic heterocycles. The summed E-state index contributed by atoms with van der Waals surface area (Å²) in [4.78, 5) is 33.9. The third kappa shape index (κ3) is 3.69. The molecule has 0 saturated heterocycles. The van der Waals surface area contributed by atoms with Crippen LogP contribution in [0.4, 0.5) is 11.6 Å². The van der Waals surface area contributed by atoms with Crippen LogP contribution in [0, 0.1) is 10.1 Å². The highest BCUT2D eigenvalue weighted by Crippen LogP contribution is 2.20. The molecular weight excluding hydrogens is 340 g/mol. The molecule has 0 fully saturated rings. The number of nitrogens with one attached hydrogen (secondary N) is 1. The van der Waals surface area contributed by atoms with Gasteiger partial charge in [0.25, 0.3) is 5.91 Å². The minimum atomic E-state index is -1.11. The van der Waals surface area contributed by atoms with E-state index < -0.39 is 28.8 Å². The lowest BCUT2D eigenvalue weighted by Crippen LogP contribution is -2.29. The van der Waals surface area contributed by atoms with Crippen LogP contribution in [-0.2, 0) is 9.53 Å². The largest absolute Gasteiger partial charge is 0.447 e. The van der Waals surface area contributed by atoms with Crippen molar-refractivity contribution in [2.45, 2.75) is 13.0 Å². The molecule has 26 heavy (non-hydrogen) atoms. The molecule has 8 heteroatoms. The van der Waals surface area contributed by atoms with Gasteiger partial charge in [-0.05, 0) is 35.9 Å². The summed E-state index contributed by atoms with van der Waals surface area (Å²) in [5.74, 6) is -2.42. The van der Waals surface area contributed by atoms with Crippen LogP contribution in [-0.4, -0.2) is 22.9 Å². The molecular formula is C18H14N2O6. The van der Waals surface area contributed by atoms with Crippen LogP contribution in [0.15, 0.2) is 59.0 Å². The Morgan fingerprint density at radius 2 is 1.85 bits per heavy atom. The number of esters is 1. The van der Waals surface area contributed by atoms with E-state index in [1.807, 2.05) is 30.3 Å².